The number of carbonyl (C=O) groups excluding carboxylic acids is 1. The van der Waals surface area contributed by atoms with Crippen LogP contribution >= 0.6 is 0 Å². The Kier molecular flexibility index (Phi) is 3.34. The molecule has 0 unspecified atom stereocenters. The number of likely N-dealkylation sites (tertiary alicyclic amines) is 1. The maximum absolute atomic E-state index is 12.9. The molecule has 1 aromatic rings. The van der Waals surface area contributed by atoms with Gasteiger partial charge in [0.25, 0.3) is 0 Å². The fraction of sp³-hybridized carbons (Fsp3) is 0.462. The molecule has 1 amide bonds. The number of aliphatic hydroxyl groups is 1. The molecule has 1 heterocycles. The smallest absolute Gasteiger partial charge is 0.223 e. The second-order valence-electron chi connectivity index (χ2n) is 5.00. The van der Waals surface area contributed by atoms with E-state index in [1.54, 1.807) is 11.8 Å². The van der Waals surface area contributed by atoms with Crippen molar-refractivity contribution in [3.8, 4) is 0 Å². The zero-order valence-corrected chi connectivity index (χ0v) is 10.1. The molecule has 0 saturated carbocycles. The fourth-order valence-corrected chi connectivity index (χ4v) is 2.06. The molecule has 1 aliphatic heterocycles. The molecule has 18 heavy (non-hydrogen) atoms. The molecule has 1 fully saturated rings. The number of hydrogen-bond donors (Lipinski definition) is 1. The van der Waals surface area contributed by atoms with Gasteiger partial charge in [0.15, 0.2) is 11.6 Å². The van der Waals surface area contributed by atoms with Crippen LogP contribution in [0, 0.1) is 11.6 Å². The number of halogens is 2. The third kappa shape index (κ3) is 2.85. The SMILES string of the molecule is CC1(O)CN(C(=O)CCc2ccc(F)c(F)c2)C1. The first-order chi connectivity index (χ1) is 8.37. The maximum Gasteiger partial charge on any atom is 0.223 e. The van der Waals surface area contributed by atoms with Crippen molar-refractivity contribution in [2.45, 2.75) is 25.4 Å². The summed E-state index contributed by atoms with van der Waals surface area (Å²) in [4.78, 5) is 13.2. The fourth-order valence-electron chi connectivity index (χ4n) is 2.06. The minimum Gasteiger partial charge on any atom is -0.386 e. The quantitative estimate of drug-likeness (QED) is 0.889. The molecule has 1 aliphatic rings. The number of benzene rings is 1. The Hall–Kier alpha value is -1.49. The van der Waals surface area contributed by atoms with E-state index >= 15 is 0 Å². The van der Waals surface area contributed by atoms with Gasteiger partial charge in [0.2, 0.25) is 5.91 Å². The summed E-state index contributed by atoms with van der Waals surface area (Å²) in [5.74, 6) is -1.86. The van der Waals surface area contributed by atoms with Gasteiger partial charge in [-0.1, -0.05) is 6.07 Å². The van der Waals surface area contributed by atoms with Gasteiger partial charge in [-0.2, -0.15) is 0 Å². The van der Waals surface area contributed by atoms with Gasteiger partial charge >= 0.3 is 0 Å². The Labute approximate surface area is 104 Å². The molecule has 0 radical (unpaired) electrons. The van der Waals surface area contributed by atoms with Crippen molar-refractivity contribution in [3.63, 3.8) is 0 Å². The molecule has 1 saturated heterocycles. The van der Waals surface area contributed by atoms with E-state index in [2.05, 4.69) is 0 Å². The van der Waals surface area contributed by atoms with Crippen molar-refractivity contribution in [3.05, 3.63) is 35.4 Å². The highest BCUT2D eigenvalue weighted by Gasteiger charge is 2.38. The van der Waals surface area contributed by atoms with Crippen molar-refractivity contribution in [2.24, 2.45) is 0 Å². The summed E-state index contributed by atoms with van der Waals surface area (Å²) >= 11 is 0. The van der Waals surface area contributed by atoms with E-state index in [9.17, 15) is 18.7 Å². The lowest BCUT2D eigenvalue weighted by Gasteiger charge is -2.44. The Morgan fingerprint density at radius 2 is 2.06 bits per heavy atom. The molecule has 1 aromatic carbocycles. The highest BCUT2D eigenvalue weighted by Crippen LogP contribution is 2.21. The van der Waals surface area contributed by atoms with Gasteiger partial charge in [-0.3, -0.25) is 4.79 Å². The average molecular weight is 255 g/mol. The van der Waals surface area contributed by atoms with Crippen LogP contribution < -0.4 is 0 Å². The maximum atomic E-state index is 12.9. The van der Waals surface area contributed by atoms with Crippen LogP contribution in [0.1, 0.15) is 18.9 Å². The largest absolute Gasteiger partial charge is 0.386 e. The van der Waals surface area contributed by atoms with Crippen molar-refractivity contribution >= 4 is 5.91 Å². The van der Waals surface area contributed by atoms with E-state index < -0.39 is 17.2 Å². The predicted molar refractivity (Wildman–Crippen MR) is 61.9 cm³/mol. The van der Waals surface area contributed by atoms with E-state index in [1.807, 2.05) is 0 Å². The molecule has 0 aliphatic carbocycles. The van der Waals surface area contributed by atoms with Gasteiger partial charge in [-0.05, 0) is 31.0 Å². The van der Waals surface area contributed by atoms with Crippen molar-refractivity contribution in [1.29, 1.82) is 0 Å². The minimum absolute atomic E-state index is 0.0775. The van der Waals surface area contributed by atoms with Gasteiger partial charge in [0, 0.05) is 6.42 Å². The van der Waals surface area contributed by atoms with Crippen LogP contribution in [0.25, 0.3) is 0 Å². The summed E-state index contributed by atoms with van der Waals surface area (Å²) in [6, 6.07) is 3.64. The summed E-state index contributed by atoms with van der Waals surface area (Å²) < 4.78 is 25.6. The molecule has 3 nitrogen and oxygen atoms in total. The minimum atomic E-state index is -0.896. The molecule has 0 atom stereocenters. The van der Waals surface area contributed by atoms with Gasteiger partial charge in [0.1, 0.15) is 0 Å². The van der Waals surface area contributed by atoms with Crippen molar-refractivity contribution in [1.82, 2.24) is 4.90 Å². The third-order valence-corrected chi connectivity index (χ3v) is 3.03. The summed E-state index contributed by atoms with van der Waals surface area (Å²) in [5, 5.41) is 9.50. The van der Waals surface area contributed by atoms with Crippen LogP contribution in [0.3, 0.4) is 0 Å². The van der Waals surface area contributed by atoms with Crippen LogP contribution in [0.2, 0.25) is 0 Å². The van der Waals surface area contributed by atoms with Crippen LogP contribution in [0.5, 0.6) is 0 Å². The summed E-state index contributed by atoms with van der Waals surface area (Å²) in [5.41, 5.74) is -0.188. The van der Waals surface area contributed by atoms with Gasteiger partial charge in [-0.15, -0.1) is 0 Å². The molecular weight excluding hydrogens is 240 g/mol. The van der Waals surface area contributed by atoms with Crippen molar-refractivity contribution in [2.75, 3.05) is 13.1 Å². The summed E-state index contributed by atoms with van der Waals surface area (Å²) in [6.07, 6.45) is 0.607. The number of rotatable bonds is 3. The summed E-state index contributed by atoms with van der Waals surface area (Å²) in [7, 11) is 0. The summed E-state index contributed by atoms with van der Waals surface area (Å²) in [6.45, 7) is 2.35. The first kappa shape index (κ1) is 13.0. The molecule has 0 spiro atoms. The Morgan fingerprint density at radius 3 is 2.61 bits per heavy atom. The molecular formula is C13H15F2NO2. The molecule has 5 heteroatoms. The highest BCUT2D eigenvalue weighted by atomic mass is 19.2. The van der Waals surface area contributed by atoms with E-state index in [4.69, 9.17) is 0 Å². The van der Waals surface area contributed by atoms with Gasteiger partial charge < -0.3 is 10.0 Å². The van der Waals surface area contributed by atoms with Crippen LogP contribution in [0.4, 0.5) is 8.78 Å². The lowest BCUT2D eigenvalue weighted by atomic mass is 9.96. The number of nitrogens with zero attached hydrogens (tertiary/aromatic N) is 1. The lowest BCUT2D eigenvalue weighted by Crippen LogP contribution is -2.61. The Morgan fingerprint density at radius 1 is 1.39 bits per heavy atom. The number of aryl methyl sites for hydroxylation is 1. The van der Waals surface area contributed by atoms with Gasteiger partial charge in [-0.25, -0.2) is 8.78 Å². The van der Waals surface area contributed by atoms with Crippen LogP contribution in [-0.4, -0.2) is 34.6 Å². The van der Waals surface area contributed by atoms with E-state index in [-0.39, 0.29) is 12.3 Å². The number of β-amino-alcohol motifs (C(OH)–C–C–N with tert-alkyl or cyclic N) is 1. The van der Waals surface area contributed by atoms with E-state index in [0.29, 0.717) is 25.1 Å². The zero-order valence-electron chi connectivity index (χ0n) is 10.1. The van der Waals surface area contributed by atoms with Crippen LogP contribution in [-0.2, 0) is 11.2 Å². The molecule has 1 N–H and O–H groups in total. The molecule has 0 bridgehead atoms. The highest BCUT2D eigenvalue weighted by molar-refractivity contribution is 5.77. The second kappa shape index (κ2) is 4.65. The number of amides is 1. The van der Waals surface area contributed by atoms with E-state index in [1.165, 1.54) is 6.07 Å². The van der Waals surface area contributed by atoms with E-state index in [0.717, 1.165) is 12.1 Å². The zero-order chi connectivity index (χ0) is 13.3. The normalized spacial score (nSPS) is 17.4. The Balaban J connectivity index is 1.84. The average Bonchev–Trinajstić information content (AvgIpc) is 2.27. The second-order valence-corrected chi connectivity index (χ2v) is 5.00. The topological polar surface area (TPSA) is 40.5 Å². The predicted octanol–water partition coefficient (Wildman–Crippen LogP) is 1.49. The standard InChI is InChI=1S/C13H15F2NO2/c1-13(18)7-16(8-13)12(17)5-3-9-2-4-10(14)11(15)6-9/h2,4,6,18H,3,5,7-8H2,1H3. The van der Waals surface area contributed by atoms with Gasteiger partial charge in [0.05, 0.1) is 18.7 Å². The molecule has 0 aromatic heterocycles. The van der Waals surface area contributed by atoms with Crippen LogP contribution in [0.15, 0.2) is 18.2 Å². The first-order valence-corrected chi connectivity index (χ1v) is 5.81. The van der Waals surface area contributed by atoms with Crippen molar-refractivity contribution < 1.29 is 18.7 Å². The lowest BCUT2D eigenvalue weighted by molar-refractivity contribution is -0.152. The third-order valence-electron chi connectivity index (χ3n) is 3.03. The molecule has 2 rings (SSSR count). The first-order valence-electron chi connectivity index (χ1n) is 5.81. The number of hydrogen-bond acceptors (Lipinski definition) is 2. The monoisotopic (exact) mass is 255 g/mol. The molecule has 98 valence electrons. The number of carbonyl (C=O) groups is 1. The Bertz CT molecular complexity index is 466.